The van der Waals surface area contributed by atoms with Gasteiger partial charge in [-0.15, -0.1) is 0 Å². The summed E-state index contributed by atoms with van der Waals surface area (Å²) < 4.78 is 0. The van der Waals surface area contributed by atoms with E-state index in [2.05, 4.69) is 0 Å². The Morgan fingerprint density at radius 3 is 2.76 bits per heavy atom. The molecule has 2 rings (SSSR count). The van der Waals surface area contributed by atoms with Crippen molar-refractivity contribution in [2.45, 2.75) is 6.42 Å². The number of carbonyl (C=O) groups excluding carboxylic acids is 1. The van der Waals surface area contributed by atoms with Gasteiger partial charge in [-0.1, -0.05) is 12.1 Å². The largest absolute Gasteiger partial charge is 0.481 e. The van der Waals surface area contributed by atoms with Gasteiger partial charge < -0.3 is 10.0 Å². The highest BCUT2D eigenvalue weighted by Crippen LogP contribution is 2.27. The lowest BCUT2D eigenvalue weighted by molar-refractivity contribution is -0.141. The number of carbonyl (C=O) groups is 2. The minimum atomic E-state index is -0.977. The molecule has 1 aromatic rings. The van der Waals surface area contributed by atoms with Gasteiger partial charge in [0, 0.05) is 13.0 Å². The number of anilines is 1. The summed E-state index contributed by atoms with van der Waals surface area (Å²) in [6, 6.07) is 8.68. The van der Waals surface area contributed by atoms with E-state index in [0.717, 1.165) is 0 Å². The summed E-state index contributed by atoms with van der Waals surface area (Å²) in [5.74, 6) is -1.91. The SMILES string of the molecule is N#Cc1ccccc1N1C[C@H](C(=O)O)CC1=O. The summed E-state index contributed by atoms with van der Waals surface area (Å²) in [5.41, 5.74) is 0.871. The number of aliphatic carboxylic acids is 1. The predicted molar refractivity (Wildman–Crippen MR) is 59.3 cm³/mol. The average molecular weight is 230 g/mol. The van der Waals surface area contributed by atoms with Crippen LogP contribution in [0.3, 0.4) is 0 Å². The maximum atomic E-state index is 11.7. The number of para-hydroxylation sites is 1. The van der Waals surface area contributed by atoms with E-state index in [9.17, 15) is 9.59 Å². The zero-order valence-electron chi connectivity index (χ0n) is 8.96. The molecule has 0 radical (unpaired) electrons. The molecule has 1 amide bonds. The molecular formula is C12H10N2O3. The maximum Gasteiger partial charge on any atom is 0.308 e. The summed E-state index contributed by atoms with van der Waals surface area (Å²) >= 11 is 0. The highest BCUT2D eigenvalue weighted by atomic mass is 16.4. The second-order valence-corrected chi connectivity index (χ2v) is 3.87. The molecule has 1 aliphatic rings. The van der Waals surface area contributed by atoms with Gasteiger partial charge in [0.05, 0.1) is 17.2 Å². The number of hydrogen-bond acceptors (Lipinski definition) is 3. The van der Waals surface area contributed by atoms with E-state index in [0.29, 0.717) is 11.3 Å². The quantitative estimate of drug-likeness (QED) is 0.821. The van der Waals surface area contributed by atoms with Gasteiger partial charge in [0.1, 0.15) is 6.07 Å². The number of benzene rings is 1. The van der Waals surface area contributed by atoms with Crippen molar-refractivity contribution in [3.63, 3.8) is 0 Å². The van der Waals surface area contributed by atoms with Crippen molar-refractivity contribution < 1.29 is 14.7 Å². The minimum absolute atomic E-state index is 0.00486. The molecule has 0 aromatic heterocycles. The topological polar surface area (TPSA) is 81.4 Å². The third kappa shape index (κ3) is 1.97. The van der Waals surface area contributed by atoms with Crippen LogP contribution in [0.25, 0.3) is 0 Å². The van der Waals surface area contributed by atoms with E-state index >= 15 is 0 Å². The molecular weight excluding hydrogens is 220 g/mol. The molecule has 1 aliphatic heterocycles. The van der Waals surface area contributed by atoms with Crippen molar-refractivity contribution in [3.05, 3.63) is 29.8 Å². The number of hydrogen-bond donors (Lipinski definition) is 1. The van der Waals surface area contributed by atoms with Crippen LogP contribution >= 0.6 is 0 Å². The summed E-state index contributed by atoms with van der Waals surface area (Å²) in [6.07, 6.45) is -0.00486. The van der Waals surface area contributed by atoms with Crippen LogP contribution in [-0.4, -0.2) is 23.5 Å². The van der Waals surface area contributed by atoms with Gasteiger partial charge in [0.15, 0.2) is 0 Å². The van der Waals surface area contributed by atoms with E-state index < -0.39 is 11.9 Å². The van der Waals surface area contributed by atoms with E-state index in [4.69, 9.17) is 10.4 Å². The van der Waals surface area contributed by atoms with E-state index in [-0.39, 0.29) is 18.9 Å². The average Bonchev–Trinajstić information content (AvgIpc) is 2.71. The first-order chi connectivity index (χ1) is 8.13. The van der Waals surface area contributed by atoms with Crippen molar-refractivity contribution in [1.29, 1.82) is 5.26 Å². The van der Waals surface area contributed by atoms with Gasteiger partial charge in [-0.3, -0.25) is 9.59 Å². The number of rotatable bonds is 2. The molecule has 1 atom stereocenters. The molecule has 1 N–H and O–H groups in total. The fourth-order valence-corrected chi connectivity index (χ4v) is 1.91. The molecule has 5 heteroatoms. The number of carboxylic acids is 1. The molecule has 86 valence electrons. The van der Waals surface area contributed by atoms with Crippen molar-refractivity contribution in [1.82, 2.24) is 0 Å². The summed E-state index contributed by atoms with van der Waals surface area (Å²) in [4.78, 5) is 23.9. The lowest BCUT2D eigenvalue weighted by atomic mass is 10.1. The second-order valence-electron chi connectivity index (χ2n) is 3.87. The van der Waals surface area contributed by atoms with Crippen LogP contribution in [0.4, 0.5) is 5.69 Å². The third-order valence-corrected chi connectivity index (χ3v) is 2.79. The predicted octanol–water partition coefficient (Wildman–Crippen LogP) is 0.996. The third-order valence-electron chi connectivity index (χ3n) is 2.79. The number of nitrogens with zero attached hydrogens (tertiary/aromatic N) is 2. The lowest BCUT2D eigenvalue weighted by Gasteiger charge is -2.17. The van der Waals surface area contributed by atoms with Gasteiger partial charge in [-0.25, -0.2) is 0 Å². The van der Waals surface area contributed by atoms with E-state index in [1.807, 2.05) is 6.07 Å². The smallest absolute Gasteiger partial charge is 0.308 e. The number of carboxylic acid groups (broad SMARTS) is 1. The highest BCUT2D eigenvalue weighted by Gasteiger charge is 2.35. The molecule has 0 spiro atoms. The van der Waals surface area contributed by atoms with Crippen LogP contribution < -0.4 is 4.90 Å². The Kier molecular flexibility index (Phi) is 2.79. The zero-order chi connectivity index (χ0) is 12.4. The van der Waals surface area contributed by atoms with Crippen LogP contribution in [0.5, 0.6) is 0 Å². The highest BCUT2D eigenvalue weighted by molar-refractivity contribution is 6.00. The van der Waals surface area contributed by atoms with Crippen LogP contribution in [0.2, 0.25) is 0 Å². The first-order valence-electron chi connectivity index (χ1n) is 5.15. The van der Waals surface area contributed by atoms with Crippen molar-refractivity contribution in [2.75, 3.05) is 11.4 Å². The Labute approximate surface area is 97.9 Å². The zero-order valence-corrected chi connectivity index (χ0v) is 8.96. The van der Waals surface area contributed by atoms with Gasteiger partial charge in [-0.2, -0.15) is 5.26 Å². The van der Waals surface area contributed by atoms with E-state index in [1.54, 1.807) is 24.3 Å². The molecule has 1 saturated heterocycles. The van der Waals surface area contributed by atoms with Crippen LogP contribution in [-0.2, 0) is 9.59 Å². The lowest BCUT2D eigenvalue weighted by Crippen LogP contribution is -2.26. The molecule has 1 fully saturated rings. The van der Waals surface area contributed by atoms with Crippen LogP contribution in [0.15, 0.2) is 24.3 Å². The second kappa shape index (κ2) is 4.26. The number of nitriles is 1. The van der Waals surface area contributed by atoms with Gasteiger partial charge in [0.25, 0.3) is 0 Å². The molecule has 1 heterocycles. The van der Waals surface area contributed by atoms with Crippen molar-refractivity contribution in [3.8, 4) is 6.07 Å². The van der Waals surface area contributed by atoms with Crippen LogP contribution in [0.1, 0.15) is 12.0 Å². The minimum Gasteiger partial charge on any atom is -0.481 e. The molecule has 5 nitrogen and oxygen atoms in total. The molecule has 17 heavy (non-hydrogen) atoms. The summed E-state index contributed by atoms with van der Waals surface area (Å²) in [7, 11) is 0. The van der Waals surface area contributed by atoms with Crippen LogP contribution in [0, 0.1) is 17.2 Å². The maximum absolute atomic E-state index is 11.7. The Bertz CT molecular complexity index is 519. The summed E-state index contributed by atoms with van der Waals surface area (Å²) in [5, 5.41) is 17.8. The molecule has 0 unspecified atom stereocenters. The Hall–Kier alpha value is -2.35. The standard InChI is InChI=1S/C12H10N2O3/c13-6-8-3-1-2-4-10(8)14-7-9(12(16)17)5-11(14)15/h1-4,9H,5,7H2,(H,16,17)/t9-/m1/s1. The van der Waals surface area contributed by atoms with Crippen molar-refractivity contribution in [2.24, 2.45) is 5.92 Å². The number of amides is 1. The first kappa shape index (κ1) is 11.1. The van der Waals surface area contributed by atoms with Crippen molar-refractivity contribution >= 4 is 17.6 Å². The monoisotopic (exact) mass is 230 g/mol. The van der Waals surface area contributed by atoms with Gasteiger partial charge in [0.2, 0.25) is 5.91 Å². The Balaban J connectivity index is 2.33. The molecule has 0 saturated carbocycles. The Morgan fingerprint density at radius 2 is 2.18 bits per heavy atom. The van der Waals surface area contributed by atoms with E-state index in [1.165, 1.54) is 4.90 Å². The Morgan fingerprint density at radius 1 is 1.47 bits per heavy atom. The fraction of sp³-hybridized carbons (Fsp3) is 0.250. The fourth-order valence-electron chi connectivity index (χ4n) is 1.91. The molecule has 0 bridgehead atoms. The first-order valence-corrected chi connectivity index (χ1v) is 5.15. The van der Waals surface area contributed by atoms with Gasteiger partial charge >= 0.3 is 5.97 Å². The van der Waals surface area contributed by atoms with Gasteiger partial charge in [-0.05, 0) is 12.1 Å². The summed E-state index contributed by atoms with van der Waals surface area (Å²) in [6.45, 7) is 0.132. The molecule has 1 aromatic carbocycles. The molecule has 0 aliphatic carbocycles. The normalized spacial score (nSPS) is 19.1.